The van der Waals surface area contributed by atoms with Crippen LogP contribution in [0.4, 0.5) is 0 Å². The van der Waals surface area contributed by atoms with Crippen LogP contribution in [0.1, 0.15) is 30.5 Å². The lowest BCUT2D eigenvalue weighted by Crippen LogP contribution is -3.00. The Morgan fingerprint density at radius 2 is 0.969 bits per heavy atom. The molecule has 0 aromatic heterocycles. The molecule has 0 saturated carbocycles. The van der Waals surface area contributed by atoms with Gasteiger partial charge in [0, 0.05) is 6.42 Å². The molecule has 0 radical (unpaired) electrons. The monoisotopic (exact) mass is 455 g/mol. The number of nitriles is 1. The van der Waals surface area contributed by atoms with Crippen molar-refractivity contribution in [2.75, 3.05) is 0 Å². The highest BCUT2D eigenvalue weighted by atomic mass is 35.5. The quantitative estimate of drug-likeness (QED) is 0.295. The van der Waals surface area contributed by atoms with E-state index in [0.29, 0.717) is 12.1 Å². The van der Waals surface area contributed by atoms with Gasteiger partial charge in [-0.1, -0.05) is 84.9 Å². The van der Waals surface area contributed by atoms with Crippen molar-refractivity contribution >= 4 is 23.2 Å². The van der Waals surface area contributed by atoms with E-state index in [4.69, 9.17) is 0 Å². The molecule has 1 atom stereocenters. The summed E-state index contributed by atoms with van der Waals surface area (Å²) in [6.45, 7) is 0. The first-order valence-corrected chi connectivity index (χ1v) is 12.7. The largest absolute Gasteiger partial charge is 1.00 e. The van der Waals surface area contributed by atoms with E-state index >= 15 is 0 Å². The van der Waals surface area contributed by atoms with Crippen LogP contribution in [0.3, 0.4) is 0 Å². The summed E-state index contributed by atoms with van der Waals surface area (Å²) in [7, 11) is -2.03. The maximum atomic E-state index is 9.26. The van der Waals surface area contributed by atoms with Gasteiger partial charge in [-0.3, -0.25) is 0 Å². The van der Waals surface area contributed by atoms with Crippen LogP contribution in [0.25, 0.3) is 0 Å². The summed E-state index contributed by atoms with van der Waals surface area (Å²) in [6, 6.07) is 46.3. The standard InChI is InChI=1S/C29H27NP.ClH/c30-24-14-13-23-29(25-15-5-1-6-16-25)31(26-17-7-2-8-18-26,27-19-9-3-10-20-27)28-21-11-4-12-22-28;/h1-12,15-22,29H,13-14,23H2;1H/q+1;/p-1. The van der Waals surface area contributed by atoms with E-state index < -0.39 is 7.26 Å². The molecule has 32 heavy (non-hydrogen) atoms. The topological polar surface area (TPSA) is 23.8 Å². The summed E-state index contributed by atoms with van der Waals surface area (Å²) < 4.78 is 0. The molecule has 4 aromatic carbocycles. The zero-order valence-electron chi connectivity index (χ0n) is 18.0. The molecule has 0 aliphatic rings. The van der Waals surface area contributed by atoms with E-state index in [-0.39, 0.29) is 12.4 Å². The molecule has 1 unspecified atom stereocenters. The zero-order valence-corrected chi connectivity index (χ0v) is 19.7. The van der Waals surface area contributed by atoms with Crippen LogP contribution in [0.5, 0.6) is 0 Å². The lowest BCUT2D eigenvalue weighted by atomic mass is 10.1. The van der Waals surface area contributed by atoms with Gasteiger partial charge in [-0.25, -0.2) is 0 Å². The Morgan fingerprint density at radius 3 is 1.34 bits per heavy atom. The van der Waals surface area contributed by atoms with Gasteiger partial charge >= 0.3 is 0 Å². The van der Waals surface area contributed by atoms with Gasteiger partial charge in [0.1, 0.15) is 28.8 Å². The van der Waals surface area contributed by atoms with Gasteiger partial charge in [-0.15, -0.1) is 0 Å². The van der Waals surface area contributed by atoms with Crippen LogP contribution < -0.4 is 28.3 Å². The number of nitrogens with zero attached hydrogens (tertiary/aromatic N) is 1. The van der Waals surface area contributed by atoms with Crippen molar-refractivity contribution in [3.63, 3.8) is 0 Å². The highest BCUT2D eigenvalue weighted by Crippen LogP contribution is 2.68. The highest BCUT2D eigenvalue weighted by molar-refractivity contribution is 7.96. The van der Waals surface area contributed by atoms with Gasteiger partial charge in [0.05, 0.1) is 6.07 Å². The van der Waals surface area contributed by atoms with E-state index in [9.17, 15) is 5.26 Å². The molecular weight excluding hydrogens is 429 g/mol. The van der Waals surface area contributed by atoms with Crippen molar-refractivity contribution in [1.29, 1.82) is 5.26 Å². The van der Waals surface area contributed by atoms with Crippen molar-refractivity contribution in [2.45, 2.75) is 24.9 Å². The second-order valence-corrected chi connectivity index (χ2v) is 11.3. The smallest absolute Gasteiger partial charge is 0.119 e. The summed E-state index contributed by atoms with van der Waals surface area (Å²) in [5, 5.41) is 13.4. The molecule has 160 valence electrons. The Kier molecular flexibility index (Phi) is 8.64. The Bertz CT molecular complexity index is 1010. The fourth-order valence-corrected chi connectivity index (χ4v) is 9.70. The van der Waals surface area contributed by atoms with Crippen molar-refractivity contribution in [3.8, 4) is 6.07 Å². The minimum absolute atomic E-state index is 0. The van der Waals surface area contributed by atoms with Crippen LogP contribution in [0, 0.1) is 11.3 Å². The third-order valence-corrected chi connectivity index (χ3v) is 10.7. The first-order valence-electron chi connectivity index (χ1n) is 10.8. The molecular formula is C29H27ClNP. The summed E-state index contributed by atoms with van der Waals surface area (Å²) in [5.74, 6) is 0. The molecule has 4 rings (SSSR count). The van der Waals surface area contributed by atoms with Gasteiger partial charge in [-0.2, -0.15) is 5.26 Å². The lowest BCUT2D eigenvalue weighted by Gasteiger charge is -2.35. The molecule has 0 heterocycles. The van der Waals surface area contributed by atoms with Gasteiger partial charge in [0.2, 0.25) is 0 Å². The fraction of sp³-hybridized carbons (Fsp3) is 0.138. The number of benzene rings is 4. The molecule has 0 bridgehead atoms. The minimum Gasteiger partial charge on any atom is -1.00 e. The molecule has 1 nitrogen and oxygen atoms in total. The number of halogens is 1. The molecule has 0 aliphatic carbocycles. The van der Waals surface area contributed by atoms with Crippen molar-refractivity contribution < 1.29 is 12.4 Å². The van der Waals surface area contributed by atoms with E-state index in [0.717, 1.165) is 12.8 Å². The SMILES string of the molecule is N#CCCCC(c1ccccc1)[P+](c1ccccc1)(c1ccccc1)c1ccccc1.[Cl-]. The normalized spacial score (nSPS) is 11.7. The highest BCUT2D eigenvalue weighted by Gasteiger charge is 2.52. The first kappa shape index (κ1) is 23.7. The van der Waals surface area contributed by atoms with E-state index in [1.165, 1.54) is 21.5 Å². The molecule has 3 heteroatoms. The summed E-state index contributed by atoms with van der Waals surface area (Å²) in [4.78, 5) is 0. The molecule has 4 aromatic rings. The number of unbranched alkanes of at least 4 members (excludes halogenated alkanes) is 1. The molecule has 0 aliphatic heterocycles. The fourth-order valence-electron chi connectivity index (χ4n) is 4.61. The maximum absolute atomic E-state index is 9.26. The van der Waals surface area contributed by atoms with Crippen LogP contribution in [-0.4, -0.2) is 0 Å². The third-order valence-electron chi connectivity index (χ3n) is 5.91. The van der Waals surface area contributed by atoms with E-state index in [1.54, 1.807) is 0 Å². The number of hydrogen-bond donors (Lipinski definition) is 0. The Morgan fingerprint density at radius 1 is 0.594 bits per heavy atom. The molecule has 0 spiro atoms. The summed E-state index contributed by atoms with van der Waals surface area (Å²) >= 11 is 0. The lowest BCUT2D eigenvalue weighted by molar-refractivity contribution is -0.00000627. The Hall–Kier alpha value is -2.91. The van der Waals surface area contributed by atoms with Crippen molar-refractivity contribution in [3.05, 3.63) is 127 Å². The van der Waals surface area contributed by atoms with Crippen LogP contribution in [0.2, 0.25) is 0 Å². The predicted octanol–water partition coefficient (Wildman–Crippen LogP) is 3.42. The molecule has 0 saturated heterocycles. The van der Waals surface area contributed by atoms with Crippen LogP contribution >= 0.6 is 7.26 Å². The average Bonchev–Trinajstić information content (AvgIpc) is 2.86. The first-order chi connectivity index (χ1) is 15.4. The molecule has 0 fully saturated rings. The zero-order chi connectivity index (χ0) is 21.4. The van der Waals surface area contributed by atoms with Gasteiger partial charge in [-0.05, 0) is 54.8 Å². The second kappa shape index (κ2) is 11.6. The minimum atomic E-state index is -2.03. The van der Waals surface area contributed by atoms with Crippen LogP contribution in [-0.2, 0) is 0 Å². The van der Waals surface area contributed by atoms with Crippen molar-refractivity contribution in [1.82, 2.24) is 0 Å². The van der Waals surface area contributed by atoms with Gasteiger partial charge < -0.3 is 12.4 Å². The van der Waals surface area contributed by atoms with Gasteiger partial charge in [0.25, 0.3) is 0 Å². The average molecular weight is 456 g/mol. The molecule has 0 N–H and O–H groups in total. The number of hydrogen-bond acceptors (Lipinski definition) is 1. The third kappa shape index (κ3) is 4.78. The maximum Gasteiger partial charge on any atom is 0.119 e. The van der Waals surface area contributed by atoms with Crippen molar-refractivity contribution in [2.24, 2.45) is 0 Å². The summed E-state index contributed by atoms with van der Waals surface area (Å²) in [6.07, 6.45) is 2.45. The van der Waals surface area contributed by atoms with E-state index in [2.05, 4.69) is 127 Å². The second-order valence-electron chi connectivity index (χ2n) is 7.71. The van der Waals surface area contributed by atoms with Gasteiger partial charge in [0.15, 0.2) is 0 Å². The summed E-state index contributed by atoms with van der Waals surface area (Å²) in [5.41, 5.74) is 1.65. The molecule has 0 amide bonds. The Labute approximate surface area is 198 Å². The van der Waals surface area contributed by atoms with E-state index in [1.807, 2.05) is 0 Å². The van der Waals surface area contributed by atoms with Crippen LogP contribution in [0.15, 0.2) is 121 Å². The Balaban J connectivity index is 0.00000289. The number of rotatable bonds is 8. The predicted molar refractivity (Wildman–Crippen MR) is 134 cm³/mol.